The smallest absolute Gasteiger partial charge is 0.252 e. The summed E-state index contributed by atoms with van der Waals surface area (Å²) in [5, 5.41) is 2.94. The monoisotopic (exact) mass is 402 g/mol. The van der Waals surface area contributed by atoms with Crippen LogP contribution in [0.1, 0.15) is 23.7 Å². The van der Waals surface area contributed by atoms with Crippen LogP contribution >= 0.6 is 15.9 Å². The fraction of sp³-hybridized carbons (Fsp3) is 0.263. The summed E-state index contributed by atoms with van der Waals surface area (Å²) >= 11 is 3.38. The molecule has 1 heterocycles. The van der Waals surface area contributed by atoms with Crippen molar-refractivity contribution in [3.05, 3.63) is 58.6 Å². The Morgan fingerprint density at radius 2 is 1.96 bits per heavy atom. The minimum atomic E-state index is -0.210. The molecule has 1 saturated heterocycles. The second-order valence-corrected chi connectivity index (χ2v) is 6.64. The molecular weight excluding hydrogens is 384 g/mol. The van der Waals surface area contributed by atoms with E-state index in [1.807, 2.05) is 49.4 Å². The maximum Gasteiger partial charge on any atom is 0.252 e. The predicted octanol–water partition coefficient (Wildman–Crippen LogP) is 3.38. The van der Waals surface area contributed by atoms with E-state index in [4.69, 9.17) is 4.74 Å². The van der Waals surface area contributed by atoms with E-state index in [1.54, 1.807) is 11.0 Å². The topological polar surface area (TPSA) is 58.6 Å². The van der Waals surface area contributed by atoms with Gasteiger partial charge in [0, 0.05) is 23.1 Å². The molecule has 5 nitrogen and oxygen atoms in total. The number of amides is 2. The maximum absolute atomic E-state index is 12.4. The fourth-order valence-electron chi connectivity index (χ4n) is 2.85. The minimum Gasteiger partial charge on any atom is -0.494 e. The number of hydrogen-bond acceptors (Lipinski definition) is 3. The van der Waals surface area contributed by atoms with Crippen molar-refractivity contribution in [2.75, 3.05) is 18.1 Å². The molecule has 2 aromatic carbocycles. The highest BCUT2D eigenvalue weighted by atomic mass is 79.9. The van der Waals surface area contributed by atoms with Crippen molar-refractivity contribution in [2.45, 2.75) is 19.4 Å². The molecule has 2 aromatic rings. The first-order valence-electron chi connectivity index (χ1n) is 8.17. The van der Waals surface area contributed by atoms with Gasteiger partial charge in [0.15, 0.2) is 0 Å². The highest BCUT2D eigenvalue weighted by Gasteiger charge is 2.32. The molecular formula is C19H19BrN2O3. The number of hydrogen-bond donors (Lipinski definition) is 1. The van der Waals surface area contributed by atoms with Crippen LogP contribution in [0.25, 0.3) is 0 Å². The van der Waals surface area contributed by atoms with Gasteiger partial charge in [0.05, 0.1) is 18.2 Å². The van der Waals surface area contributed by atoms with Gasteiger partial charge in [-0.05, 0) is 59.3 Å². The van der Waals surface area contributed by atoms with Gasteiger partial charge in [-0.15, -0.1) is 0 Å². The number of ether oxygens (including phenoxy) is 1. The second kappa shape index (κ2) is 7.70. The van der Waals surface area contributed by atoms with E-state index < -0.39 is 0 Å². The molecule has 130 valence electrons. The summed E-state index contributed by atoms with van der Waals surface area (Å²) in [6, 6.07) is 14.4. The summed E-state index contributed by atoms with van der Waals surface area (Å²) < 4.78 is 6.16. The van der Waals surface area contributed by atoms with Crippen LogP contribution in [0.5, 0.6) is 5.75 Å². The molecule has 0 saturated carbocycles. The number of nitrogens with one attached hydrogen (secondary N) is 1. The van der Waals surface area contributed by atoms with Gasteiger partial charge in [-0.3, -0.25) is 9.59 Å². The van der Waals surface area contributed by atoms with Crippen molar-refractivity contribution >= 4 is 33.4 Å². The number of anilines is 1. The minimum absolute atomic E-state index is 0.00147. The molecule has 0 aliphatic carbocycles. The van der Waals surface area contributed by atoms with E-state index in [-0.39, 0.29) is 17.9 Å². The molecule has 1 fully saturated rings. The molecule has 2 amide bonds. The van der Waals surface area contributed by atoms with E-state index in [0.29, 0.717) is 25.1 Å². The largest absolute Gasteiger partial charge is 0.494 e. The van der Waals surface area contributed by atoms with Crippen LogP contribution in [0.2, 0.25) is 0 Å². The molecule has 1 atom stereocenters. The highest BCUT2D eigenvalue weighted by molar-refractivity contribution is 9.10. The van der Waals surface area contributed by atoms with Gasteiger partial charge in [-0.2, -0.15) is 0 Å². The van der Waals surface area contributed by atoms with Gasteiger partial charge in [0.1, 0.15) is 5.75 Å². The second-order valence-electron chi connectivity index (χ2n) is 5.79. The Balaban J connectivity index is 1.66. The Morgan fingerprint density at radius 3 is 2.64 bits per heavy atom. The Kier molecular flexibility index (Phi) is 5.38. The summed E-state index contributed by atoms with van der Waals surface area (Å²) in [5.74, 6) is 0.595. The third kappa shape index (κ3) is 4.02. The van der Waals surface area contributed by atoms with E-state index in [0.717, 1.165) is 15.9 Å². The molecule has 0 spiro atoms. The normalized spacial score (nSPS) is 16.8. The van der Waals surface area contributed by atoms with Crippen LogP contribution in [0, 0.1) is 0 Å². The third-order valence-corrected chi connectivity index (χ3v) is 4.73. The average Bonchev–Trinajstić information content (AvgIpc) is 2.96. The first-order valence-corrected chi connectivity index (χ1v) is 8.96. The SMILES string of the molecule is CCOc1ccc(N2C[C@H](NC(=O)c3ccccc3Br)CC2=O)cc1. The molecule has 0 bridgehead atoms. The Bertz CT molecular complexity index is 776. The van der Waals surface area contributed by atoms with Crippen molar-refractivity contribution < 1.29 is 14.3 Å². The lowest BCUT2D eigenvalue weighted by molar-refractivity contribution is -0.117. The number of benzene rings is 2. The molecule has 1 aliphatic rings. The molecule has 6 heteroatoms. The summed E-state index contributed by atoms with van der Waals surface area (Å²) in [6.07, 6.45) is 0.295. The van der Waals surface area contributed by atoms with Crippen LogP contribution in [0.4, 0.5) is 5.69 Å². The predicted molar refractivity (Wildman–Crippen MR) is 100.0 cm³/mol. The lowest BCUT2D eigenvalue weighted by atomic mass is 10.2. The van der Waals surface area contributed by atoms with Crippen molar-refractivity contribution in [3.8, 4) is 5.75 Å². The van der Waals surface area contributed by atoms with Gasteiger partial charge < -0.3 is 15.0 Å². The zero-order chi connectivity index (χ0) is 17.8. The molecule has 3 rings (SSSR count). The van der Waals surface area contributed by atoms with Crippen LogP contribution in [0.15, 0.2) is 53.0 Å². The zero-order valence-electron chi connectivity index (χ0n) is 13.9. The van der Waals surface area contributed by atoms with Crippen LogP contribution < -0.4 is 15.0 Å². The number of carbonyl (C=O) groups is 2. The lowest BCUT2D eigenvalue weighted by Crippen LogP contribution is -2.37. The molecule has 0 unspecified atom stereocenters. The Labute approximate surface area is 155 Å². The molecule has 0 aromatic heterocycles. The third-order valence-electron chi connectivity index (χ3n) is 4.04. The highest BCUT2D eigenvalue weighted by Crippen LogP contribution is 2.25. The molecule has 1 N–H and O–H groups in total. The van der Waals surface area contributed by atoms with Crippen molar-refractivity contribution in [3.63, 3.8) is 0 Å². The zero-order valence-corrected chi connectivity index (χ0v) is 15.5. The van der Waals surface area contributed by atoms with Gasteiger partial charge >= 0.3 is 0 Å². The van der Waals surface area contributed by atoms with Crippen molar-refractivity contribution in [2.24, 2.45) is 0 Å². The lowest BCUT2D eigenvalue weighted by Gasteiger charge is -2.18. The summed E-state index contributed by atoms with van der Waals surface area (Å²) in [4.78, 5) is 26.4. The first-order chi connectivity index (χ1) is 12.1. The van der Waals surface area contributed by atoms with Crippen LogP contribution in [0.3, 0.4) is 0 Å². The van der Waals surface area contributed by atoms with Crippen molar-refractivity contribution in [1.29, 1.82) is 0 Å². The Morgan fingerprint density at radius 1 is 1.24 bits per heavy atom. The molecule has 0 radical (unpaired) electrons. The Hall–Kier alpha value is -2.34. The van der Waals surface area contributed by atoms with E-state index in [2.05, 4.69) is 21.2 Å². The number of carbonyl (C=O) groups excluding carboxylic acids is 2. The number of nitrogens with zero attached hydrogens (tertiary/aromatic N) is 1. The molecule has 1 aliphatic heterocycles. The summed E-state index contributed by atoms with van der Waals surface area (Å²) in [7, 11) is 0. The van der Waals surface area contributed by atoms with Gasteiger partial charge in [0.25, 0.3) is 5.91 Å². The quantitative estimate of drug-likeness (QED) is 0.833. The first kappa shape index (κ1) is 17.5. The summed E-state index contributed by atoms with van der Waals surface area (Å²) in [6.45, 7) is 2.99. The van der Waals surface area contributed by atoms with Gasteiger partial charge in [0.2, 0.25) is 5.91 Å². The van der Waals surface area contributed by atoms with Gasteiger partial charge in [-0.25, -0.2) is 0 Å². The standard InChI is InChI=1S/C19H19BrN2O3/c1-2-25-15-9-7-14(8-10-15)22-12-13(11-18(22)23)21-19(24)16-5-3-4-6-17(16)20/h3-10,13H,2,11-12H2,1H3,(H,21,24)/t13-/m1/s1. The van der Waals surface area contributed by atoms with E-state index >= 15 is 0 Å². The fourth-order valence-corrected chi connectivity index (χ4v) is 3.32. The van der Waals surface area contributed by atoms with E-state index in [1.165, 1.54) is 0 Å². The maximum atomic E-state index is 12.4. The van der Waals surface area contributed by atoms with E-state index in [9.17, 15) is 9.59 Å². The number of rotatable bonds is 5. The molecule has 25 heavy (non-hydrogen) atoms. The average molecular weight is 403 g/mol. The van der Waals surface area contributed by atoms with Gasteiger partial charge in [-0.1, -0.05) is 12.1 Å². The van der Waals surface area contributed by atoms with Crippen LogP contribution in [-0.4, -0.2) is 31.0 Å². The summed E-state index contributed by atoms with van der Waals surface area (Å²) in [5.41, 5.74) is 1.38. The number of halogens is 1. The van der Waals surface area contributed by atoms with Crippen LogP contribution in [-0.2, 0) is 4.79 Å². The van der Waals surface area contributed by atoms with Crippen molar-refractivity contribution in [1.82, 2.24) is 5.32 Å².